The van der Waals surface area contributed by atoms with Crippen molar-refractivity contribution < 1.29 is 0 Å². The number of aromatic nitrogens is 3. The van der Waals surface area contributed by atoms with Gasteiger partial charge in [-0.25, -0.2) is 0 Å². The Balaban J connectivity index is 1.82. The summed E-state index contributed by atoms with van der Waals surface area (Å²) in [7, 11) is 1.88. The number of aryl methyl sites for hydroxylation is 1. The Kier molecular flexibility index (Phi) is 3.61. The highest BCUT2D eigenvalue weighted by atomic mass is 15.2. The molecule has 2 aromatic heterocycles. The van der Waals surface area contributed by atoms with E-state index in [9.17, 15) is 0 Å². The smallest absolute Gasteiger partial charge is 0.121 e. The number of amidine groups is 1. The molecule has 1 atom stereocenters. The molecule has 112 valence electrons. The van der Waals surface area contributed by atoms with Crippen molar-refractivity contribution in [1.29, 1.82) is 5.41 Å². The Morgan fingerprint density at radius 3 is 3.05 bits per heavy atom. The molecule has 1 aliphatic rings. The van der Waals surface area contributed by atoms with Crippen LogP contribution in [0, 0.1) is 5.41 Å². The van der Waals surface area contributed by atoms with Crippen molar-refractivity contribution in [2.24, 2.45) is 12.8 Å². The molecule has 3 heterocycles. The Morgan fingerprint density at radius 1 is 1.45 bits per heavy atom. The molecule has 0 radical (unpaired) electrons. The maximum absolute atomic E-state index is 7.71. The molecule has 2 aromatic rings. The van der Waals surface area contributed by atoms with E-state index in [4.69, 9.17) is 11.1 Å². The van der Waals surface area contributed by atoms with Crippen molar-refractivity contribution in [3.8, 4) is 11.1 Å². The summed E-state index contributed by atoms with van der Waals surface area (Å²) in [5.41, 5.74) is 9.06. The topological polar surface area (TPSA) is 105 Å². The van der Waals surface area contributed by atoms with Crippen molar-refractivity contribution in [3.05, 3.63) is 48.7 Å². The van der Waals surface area contributed by atoms with Gasteiger partial charge in [0.15, 0.2) is 0 Å². The first-order chi connectivity index (χ1) is 10.7. The normalized spacial score (nSPS) is 16.3. The fourth-order valence-electron chi connectivity index (χ4n) is 2.25. The number of nitrogens with zero attached hydrogens (tertiary/aromatic N) is 3. The van der Waals surface area contributed by atoms with E-state index in [-0.39, 0.29) is 12.0 Å². The Morgan fingerprint density at radius 2 is 2.32 bits per heavy atom. The van der Waals surface area contributed by atoms with Gasteiger partial charge in [-0.15, -0.1) is 0 Å². The van der Waals surface area contributed by atoms with Crippen molar-refractivity contribution in [2.45, 2.75) is 6.17 Å². The number of anilines is 1. The van der Waals surface area contributed by atoms with Crippen LogP contribution in [0.15, 0.2) is 43.0 Å². The van der Waals surface area contributed by atoms with E-state index >= 15 is 0 Å². The molecule has 22 heavy (non-hydrogen) atoms. The van der Waals surface area contributed by atoms with E-state index in [1.165, 1.54) is 12.3 Å². The predicted molar refractivity (Wildman–Crippen MR) is 87.1 cm³/mol. The summed E-state index contributed by atoms with van der Waals surface area (Å²) < 4.78 is 1.76. The van der Waals surface area contributed by atoms with Crippen LogP contribution < -0.4 is 16.4 Å². The third-order valence-electron chi connectivity index (χ3n) is 3.29. The van der Waals surface area contributed by atoms with Gasteiger partial charge in [0.2, 0.25) is 0 Å². The van der Waals surface area contributed by atoms with Gasteiger partial charge in [0.05, 0.1) is 17.6 Å². The van der Waals surface area contributed by atoms with Crippen LogP contribution in [0.3, 0.4) is 0 Å². The third-order valence-corrected chi connectivity index (χ3v) is 3.29. The lowest BCUT2D eigenvalue weighted by atomic mass is 10.1. The van der Waals surface area contributed by atoms with Crippen molar-refractivity contribution in [2.75, 3.05) is 5.32 Å². The van der Waals surface area contributed by atoms with Crippen molar-refractivity contribution in [1.82, 2.24) is 20.1 Å². The molecule has 0 bridgehead atoms. The number of hydrogen-bond acceptors (Lipinski definition) is 5. The van der Waals surface area contributed by atoms with E-state index < -0.39 is 0 Å². The van der Waals surface area contributed by atoms with E-state index in [2.05, 4.69) is 20.7 Å². The summed E-state index contributed by atoms with van der Waals surface area (Å²) in [5.74, 6) is 0.240. The molecule has 0 amide bonds. The van der Waals surface area contributed by atoms with Gasteiger partial charge >= 0.3 is 0 Å². The van der Waals surface area contributed by atoms with Crippen LogP contribution in [-0.2, 0) is 7.05 Å². The number of pyridine rings is 1. The number of fused-ring (bicyclic) bond motifs is 1. The lowest BCUT2D eigenvalue weighted by Crippen LogP contribution is -2.39. The molecule has 1 aliphatic heterocycles. The van der Waals surface area contributed by atoms with Crippen LogP contribution in [0.5, 0.6) is 0 Å². The van der Waals surface area contributed by atoms with Gasteiger partial charge in [0, 0.05) is 30.6 Å². The minimum atomic E-state index is -0.179. The number of rotatable bonds is 3. The summed E-state index contributed by atoms with van der Waals surface area (Å²) in [6.45, 7) is 0. The SMILES string of the molecule is Cn1cc(-c2cnc3c(c2)NC(NC(=N)/C=C\N)C=C3)cn1. The summed E-state index contributed by atoms with van der Waals surface area (Å²) >= 11 is 0. The fraction of sp³-hybridized carbons (Fsp3) is 0.133. The van der Waals surface area contributed by atoms with E-state index in [0.29, 0.717) is 0 Å². The monoisotopic (exact) mass is 295 g/mol. The lowest BCUT2D eigenvalue weighted by molar-refractivity contribution is 0.768. The first-order valence-electron chi connectivity index (χ1n) is 6.83. The second-order valence-electron chi connectivity index (χ2n) is 4.96. The zero-order valence-electron chi connectivity index (χ0n) is 12.1. The van der Waals surface area contributed by atoms with Crippen LogP contribution >= 0.6 is 0 Å². The molecule has 0 saturated carbocycles. The third kappa shape index (κ3) is 2.83. The average Bonchev–Trinajstić information content (AvgIpc) is 2.93. The lowest BCUT2D eigenvalue weighted by Gasteiger charge is -2.23. The molecule has 5 N–H and O–H groups in total. The van der Waals surface area contributed by atoms with Crippen molar-refractivity contribution >= 4 is 17.6 Å². The second-order valence-corrected chi connectivity index (χ2v) is 4.96. The Labute approximate surface area is 128 Å². The summed E-state index contributed by atoms with van der Waals surface area (Å²) in [4.78, 5) is 4.45. The maximum atomic E-state index is 7.71. The summed E-state index contributed by atoms with van der Waals surface area (Å²) in [6.07, 6.45) is 12.1. The predicted octanol–water partition coefficient (Wildman–Crippen LogP) is 1.29. The Bertz CT molecular complexity index is 757. The second kappa shape index (κ2) is 5.72. The van der Waals surface area contributed by atoms with Crippen LogP contribution in [-0.4, -0.2) is 26.8 Å². The minimum Gasteiger partial charge on any atom is -0.404 e. The maximum Gasteiger partial charge on any atom is 0.121 e. The van der Waals surface area contributed by atoms with Crippen LogP contribution in [0.4, 0.5) is 5.69 Å². The Hall–Kier alpha value is -3.09. The molecule has 7 nitrogen and oxygen atoms in total. The molecule has 7 heteroatoms. The molecular formula is C15H17N7. The molecule has 0 spiro atoms. The van der Waals surface area contributed by atoms with Crippen LogP contribution in [0.2, 0.25) is 0 Å². The zero-order chi connectivity index (χ0) is 15.5. The van der Waals surface area contributed by atoms with E-state index in [0.717, 1.165) is 22.5 Å². The largest absolute Gasteiger partial charge is 0.404 e. The first-order valence-corrected chi connectivity index (χ1v) is 6.83. The number of nitrogens with two attached hydrogens (primary N) is 1. The highest BCUT2D eigenvalue weighted by Gasteiger charge is 2.15. The van der Waals surface area contributed by atoms with Gasteiger partial charge in [-0.2, -0.15) is 5.10 Å². The zero-order valence-corrected chi connectivity index (χ0v) is 12.1. The van der Waals surface area contributed by atoms with Gasteiger partial charge in [0.1, 0.15) is 12.0 Å². The molecule has 1 unspecified atom stereocenters. The quantitative estimate of drug-likeness (QED) is 0.504. The highest BCUT2D eigenvalue weighted by molar-refractivity contribution is 5.91. The van der Waals surface area contributed by atoms with E-state index in [1.54, 1.807) is 10.9 Å². The van der Waals surface area contributed by atoms with Gasteiger partial charge < -0.3 is 16.4 Å². The first kappa shape index (κ1) is 13.9. The van der Waals surface area contributed by atoms with Gasteiger partial charge in [-0.1, -0.05) is 0 Å². The van der Waals surface area contributed by atoms with Gasteiger partial charge in [0.25, 0.3) is 0 Å². The fourth-order valence-corrected chi connectivity index (χ4v) is 2.25. The van der Waals surface area contributed by atoms with E-state index in [1.807, 2.05) is 37.7 Å². The number of hydrogen-bond donors (Lipinski definition) is 4. The average molecular weight is 295 g/mol. The van der Waals surface area contributed by atoms with Gasteiger partial charge in [-0.05, 0) is 30.5 Å². The molecule has 0 aliphatic carbocycles. The van der Waals surface area contributed by atoms with Crippen molar-refractivity contribution in [3.63, 3.8) is 0 Å². The number of nitrogens with one attached hydrogen (secondary N) is 3. The minimum absolute atomic E-state index is 0.179. The molecular weight excluding hydrogens is 278 g/mol. The standard InChI is InChI=1S/C15H17N7/c1-22-9-11(8-19-22)10-6-13-12(18-7-10)2-3-15(20-13)21-14(17)4-5-16/h2-9,15,20H,16H2,1H3,(H2,17,21)/b5-4-. The summed E-state index contributed by atoms with van der Waals surface area (Å²) in [6, 6.07) is 2.03. The molecule has 0 aromatic carbocycles. The van der Waals surface area contributed by atoms with Crippen LogP contribution in [0.1, 0.15) is 5.69 Å². The van der Waals surface area contributed by atoms with Crippen LogP contribution in [0.25, 0.3) is 17.2 Å². The molecule has 0 fully saturated rings. The molecule has 3 rings (SSSR count). The summed E-state index contributed by atoms with van der Waals surface area (Å²) in [5, 5.41) is 18.2. The van der Waals surface area contributed by atoms with Gasteiger partial charge in [-0.3, -0.25) is 15.1 Å². The highest BCUT2D eigenvalue weighted by Crippen LogP contribution is 2.26. The molecule has 0 saturated heterocycles.